The third-order valence-electron chi connectivity index (χ3n) is 3.13. The van der Waals surface area contributed by atoms with Crippen molar-refractivity contribution < 1.29 is 9.18 Å². The molecule has 1 saturated heterocycles. The summed E-state index contributed by atoms with van der Waals surface area (Å²) >= 11 is 7.26. The second-order valence-corrected chi connectivity index (χ2v) is 6.43. The first-order valence-electron chi connectivity index (χ1n) is 6.33. The van der Waals surface area contributed by atoms with E-state index in [1.54, 1.807) is 0 Å². The third-order valence-corrected chi connectivity index (χ3v) is 4.25. The van der Waals surface area contributed by atoms with Crippen molar-refractivity contribution in [2.24, 2.45) is 0 Å². The highest BCUT2D eigenvalue weighted by Gasteiger charge is 2.30. The molecule has 1 amide bonds. The first-order chi connectivity index (χ1) is 10.0. The summed E-state index contributed by atoms with van der Waals surface area (Å²) in [5.41, 5.74) is 0.227. The smallest absolute Gasteiger partial charge is 0.251 e. The Bertz CT molecular complexity index is 666. The van der Waals surface area contributed by atoms with E-state index in [-0.39, 0.29) is 22.5 Å². The number of rotatable bonds is 3. The normalized spacial score (nSPS) is 14.9. The Kier molecular flexibility index (Phi) is 3.77. The Morgan fingerprint density at radius 2 is 2.19 bits per heavy atom. The monoisotopic (exact) mass is 326 g/mol. The number of nitrogens with one attached hydrogen (secondary N) is 1. The van der Waals surface area contributed by atoms with Gasteiger partial charge in [0.1, 0.15) is 10.8 Å². The second kappa shape index (κ2) is 5.57. The highest BCUT2D eigenvalue weighted by Crippen LogP contribution is 2.24. The lowest BCUT2D eigenvalue weighted by Crippen LogP contribution is -2.59. The number of nitrogens with zero attached hydrogens (tertiary/aromatic N) is 3. The van der Waals surface area contributed by atoms with E-state index < -0.39 is 5.82 Å². The van der Waals surface area contributed by atoms with Crippen LogP contribution in [-0.2, 0) is 0 Å². The van der Waals surface area contributed by atoms with E-state index >= 15 is 0 Å². The molecule has 0 aliphatic carbocycles. The van der Waals surface area contributed by atoms with E-state index in [9.17, 15) is 9.18 Å². The van der Waals surface area contributed by atoms with Crippen molar-refractivity contribution in [3.63, 3.8) is 0 Å². The molecule has 0 unspecified atom stereocenters. The summed E-state index contributed by atoms with van der Waals surface area (Å²) < 4.78 is 13.2. The van der Waals surface area contributed by atoms with Gasteiger partial charge in [0.05, 0.1) is 6.04 Å². The van der Waals surface area contributed by atoms with Crippen LogP contribution < -0.4 is 10.2 Å². The Morgan fingerprint density at radius 3 is 2.81 bits per heavy atom. The molecule has 0 spiro atoms. The number of aromatic nitrogens is 2. The second-order valence-electron chi connectivity index (χ2n) is 4.84. The predicted molar refractivity (Wildman–Crippen MR) is 79.5 cm³/mol. The summed E-state index contributed by atoms with van der Waals surface area (Å²) in [5, 5.41) is 12.8. The van der Waals surface area contributed by atoms with Gasteiger partial charge in [-0.1, -0.05) is 22.9 Å². The molecule has 1 aliphatic heterocycles. The molecule has 8 heteroatoms. The number of benzene rings is 1. The van der Waals surface area contributed by atoms with Crippen LogP contribution in [0.4, 0.5) is 9.52 Å². The molecule has 1 fully saturated rings. The average Bonchev–Trinajstić information content (AvgIpc) is 2.78. The summed E-state index contributed by atoms with van der Waals surface area (Å²) in [6.45, 7) is 3.24. The largest absolute Gasteiger partial charge is 0.346 e. The summed E-state index contributed by atoms with van der Waals surface area (Å²) in [6.07, 6.45) is 0. The maximum atomic E-state index is 13.2. The summed E-state index contributed by atoms with van der Waals surface area (Å²) in [6, 6.07) is 3.81. The molecule has 2 heterocycles. The Hall–Kier alpha value is -1.73. The van der Waals surface area contributed by atoms with Crippen molar-refractivity contribution in [2.75, 3.05) is 18.0 Å². The van der Waals surface area contributed by atoms with Crippen LogP contribution >= 0.6 is 22.9 Å². The first kappa shape index (κ1) is 14.2. The molecule has 2 aromatic rings. The minimum Gasteiger partial charge on any atom is -0.346 e. The molecule has 110 valence electrons. The van der Waals surface area contributed by atoms with Crippen molar-refractivity contribution in [3.05, 3.63) is 39.6 Å². The lowest BCUT2D eigenvalue weighted by molar-refractivity contribution is 0.0930. The third kappa shape index (κ3) is 3.14. The number of carbonyl (C=O) groups is 1. The fourth-order valence-corrected chi connectivity index (χ4v) is 3.02. The number of aryl methyl sites for hydroxylation is 1. The number of hydrogen-bond acceptors (Lipinski definition) is 5. The highest BCUT2D eigenvalue weighted by atomic mass is 35.5. The minimum absolute atomic E-state index is 0.0174. The van der Waals surface area contributed by atoms with Crippen molar-refractivity contribution in [1.82, 2.24) is 15.5 Å². The van der Waals surface area contributed by atoms with Crippen LogP contribution in [0.1, 0.15) is 15.4 Å². The molecule has 0 atom stereocenters. The van der Waals surface area contributed by atoms with Gasteiger partial charge in [0.25, 0.3) is 5.91 Å². The lowest BCUT2D eigenvalue weighted by atomic mass is 10.1. The predicted octanol–water partition coefficient (Wildman–Crippen LogP) is 2.26. The van der Waals surface area contributed by atoms with Crippen LogP contribution in [-0.4, -0.2) is 35.2 Å². The van der Waals surface area contributed by atoms with E-state index in [2.05, 4.69) is 15.5 Å². The fourth-order valence-electron chi connectivity index (χ4n) is 2.09. The molecule has 0 bridgehead atoms. The first-order valence-corrected chi connectivity index (χ1v) is 7.53. The van der Waals surface area contributed by atoms with Gasteiger partial charge in [-0.2, -0.15) is 0 Å². The van der Waals surface area contributed by atoms with E-state index in [1.807, 2.05) is 11.8 Å². The van der Waals surface area contributed by atoms with Crippen molar-refractivity contribution in [3.8, 4) is 0 Å². The Balaban J connectivity index is 1.57. The van der Waals surface area contributed by atoms with Gasteiger partial charge in [-0.05, 0) is 25.1 Å². The molecule has 0 saturated carbocycles. The standard InChI is InChI=1S/C13H12ClFN4OS/c1-7-17-18-13(21-7)19-5-11(6-19)16-12(20)8-2-9(14)4-10(15)3-8/h2-4,11H,5-6H2,1H3,(H,16,20). The van der Waals surface area contributed by atoms with Crippen molar-refractivity contribution >= 4 is 34.0 Å². The van der Waals surface area contributed by atoms with Crippen molar-refractivity contribution in [2.45, 2.75) is 13.0 Å². The lowest BCUT2D eigenvalue weighted by Gasteiger charge is -2.39. The Labute approximate surface area is 129 Å². The van der Waals surface area contributed by atoms with Crippen LogP contribution in [0.3, 0.4) is 0 Å². The number of hydrogen-bond donors (Lipinski definition) is 1. The van der Waals surface area contributed by atoms with Gasteiger partial charge >= 0.3 is 0 Å². The highest BCUT2D eigenvalue weighted by molar-refractivity contribution is 7.15. The van der Waals surface area contributed by atoms with Gasteiger partial charge in [0, 0.05) is 23.7 Å². The topological polar surface area (TPSA) is 58.1 Å². The van der Waals surface area contributed by atoms with E-state index in [1.165, 1.54) is 29.5 Å². The molecule has 1 aliphatic rings. The van der Waals surface area contributed by atoms with Crippen molar-refractivity contribution in [1.29, 1.82) is 0 Å². The molecule has 1 aromatic carbocycles. The molecular weight excluding hydrogens is 315 g/mol. The van der Waals surface area contributed by atoms with Crippen LogP contribution in [0.5, 0.6) is 0 Å². The summed E-state index contributed by atoms with van der Waals surface area (Å²) in [5.74, 6) is -0.846. The molecule has 1 N–H and O–H groups in total. The maximum absolute atomic E-state index is 13.2. The van der Waals surface area contributed by atoms with Gasteiger partial charge in [-0.15, -0.1) is 10.2 Å². The van der Waals surface area contributed by atoms with E-state index in [0.717, 1.165) is 10.1 Å². The quantitative estimate of drug-likeness (QED) is 0.940. The van der Waals surface area contributed by atoms with E-state index in [4.69, 9.17) is 11.6 Å². The Morgan fingerprint density at radius 1 is 1.43 bits per heavy atom. The SMILES string of the molecule is Cc1nnc(N2CC(NC(=O)c3cc(F)cc(Cl)c3)C2)s1. The molecule has 5 nitrogen and oxygen atoms in total. The van der Waals surface area contributed by atoms with Crippen LogP contribution in [0.15, 0.2) is 18.2 Å². The average molecular weight is 327 g/mol. The van der Waals surface area contributed by atoms with E-state index in [0.29, 0.717) is 13.1 Å². The van der Waals surface area contributed by atoms with Gasteiger partial charge in [0.2, 0.25) is 5.13 Å². The van der Waals surface area contributed by atoms with Crippen LogP contribution in [0, 0.1) is 12.7 Å². The number of carbonyl (C=O) groups excluding carboxylic acids is 1. The van der Waals surface area contributed by atoms with Crippen LogP contribution in [0.2, 0.25) is 5.02 Å². The molecule has 1 aromatic heterocycles. The number of halogens is 2. The summed E-state index contributed by atoms with van der Waals surface area (Å²) in [4.78, 5) is 14.1. The number of anilines is 1. The minimum atomic E-state index is -0.521. The number of amides is 1. The van der Waals surface area contributed by atoms with Crippen LogP contribution in [0.25, 0.3) is 0 Å². The summed E-state index contributed by atoms with van der Waals surface area (Å²) in [7, 11) is 0. The zero-order valence-electron chi connectivity index (χ0n) is 11.1. The van der Waals surface area contributed by atoms with Gasteiger partial charge in [-0.3, -0.25) is 4.79 Å². The molecular formula is C13H12ClFN4OS. The zero-order chi connectivity index (χ0) is 15.0. The molecule has 3 rings (SSSR count). The maximum Gasteiger partial charge on any atom is 0.251 e. The molecule has 21 heavy (non-hydrogen) atoms. The molecule has 0 radical (unpaired) electrons. The van der Waals surface area contributed by atoms with Gasteiger partial charge in [0.15, 0.2) is 0 Å². The zero-order valence-corrected chi connectivity index (χ0v) is 12.7. The van der Waals surface area contributed by atoms with Gasteiger partial charge < -0.3 is 10.2 Å². The fraction of sp³-hybridized carbons (Fsp3) is 0.308. The van der Waals surface area contributed by atoms with Gasteiger partial charge in [-0.25, -0.2) is 4.39 Å².